The number of carbonyl (C=O) groups excluding carboxylic acids is 2. The van der Waals surface area contributed by atoms with Gasteiger partial charge in [0.25, 0.3) is 5.91 Å². The zero-order valence-corrected chi connectivity index (χ0v) is 37.3. The third-order valence-corrected chi connectivity index (χ3v) is 14.4. The number of nitrogens with zero attached hydrogens (tertiary/aromatic N) is 2. The number of nitrogens with two attached hydrogens (primary N) is 2. The maximum atomic E-state index is 14.4. The van der Waals surface area contributed by atoms with Crippen LogP contribution in [0.25, 0.3) is 0 Å². The minimum atomic E-state index is -1.86. The number of aliphatic hydroxyl groups excluding tert-OH is 1. The smallest absolute Gasteiger partial charge is 0.315 e. The number of hydrogen-bond donors (Lipinski definition) is 6. The number of carbonyl (C=O) groups is 2. The number of morpholine rings is 1. The molecule has 6 aliphatic heterocycles. The molecule has 2 unspecified atom stereocenters. The lowest BCUT2D eigenvalue weighted by Crippen LogP contribution is -2.81. The Balaban J connectivity index is 0.892. The van der Waals surface area contributed by atoms with E-state index in [0.29, 0.717) is 25.4 Å². The molecule has 0 aliphatic carbocycles. The Kier molecular flexibility index (Phi) is 17.7. The summed E-state index contributed by atoms with van der Waals surface area (Å²) in [6.07, 6.45) is 24.8. The van der Waals surface area contributed by atoms with Gasteiger partial charge in [-0.25, -0.2) is 0 Å². The highest BCUT2D eigenvalue weighted by atomic mass is 16.7. The summed E-state index contributed by atoms with van der Waals surface area (Å²) in [5.74, 6) is -2.61. The highest BCUT2D eigenvalue weighted by molar-refractivity contribution is 5.82. The van der Waals surface area contributed by atoms with Crippen molar-refractivity contribution < 1.29 is 38.7 Å². The van der Waals surface area contributed by atoms with Crippen LogP contribution in [0, 0.1) is 5.92 Å². The Labute approximate surface area is 360 Å². The van der Waals surface area contributed by atoms with E-state index < -0.39 is 23.8 Å². The maximum Gasteiger partial charge on any atom is 0.315 e. The molecule has 6 heterocycles. The molecule has 6 aliphatic rings. The number of aliphatic hydroxyl groups is 2. The molecule has 12 atom stereocenters. The summed E-state index contributed by atoms with van der Waals surface area (Å²) in [5, 5.41) is 29.4. The SMILES string of the molecule is CC/C=C/[C@@H]1CC[C@]2(C[C@H]3CC[C@H]4[C@@H](C(=O)OC(CC)CCCCCCCCCCCC[C@@H]5O[C@](O)(CCN)[C@H](O)N(CCCN)C5=O)[C@@]5(CCC[C@H](C)O5)NC(N2)N34)O1. The molecule has 60 heavy (non-hydrogen) atoms. The van der Waals surface area contributed by atoms with Crippen LogP contribution in [0.1, 0.15) is 175 Å². The van der Waals surface area contributed by atoms with Gasteiger partial charge in [0, 0.05) is 31.5 Å². The standard InChI is InChI=1S/C46H82N6O8/c1-4-6-20-36-25-27-44(59-36)32-34-23-24-37-39(45(26-17-19-33(3)58-45)50-43(49-44)52(34)37)41(54)57-35(5-2)21-15-13-11-9-7-8-10-12-14-16-22-38-40(53)51(31-18-29-47)42(55)46(56,60-38)28-30-48/h6,20,33-39,42-43,49-50,55-56H,4-5,7-19,21-32,47-48H2,1-3H3/b20-6+/t33-,34+,35?,36+,37-,38-,39-,42-,43?,44+,45-,46+/m0/s1. The first-order valence-corrected chi connectivity index (χ1v) is 24.4. The second kappa shape index (κ2) is 22.3. The average Bonchev–Trinajstić information content (AvgIpc) is 3.82. The Morgan fingerprint density at radius 1 is 0.933 bits per heavy atom. The third-order valence-electron chi connectivity index (χ3n) is 14.4. The average molecular weight is 847 g/mol. The van der Waals surface area contributed by atoms with E-state index in [1.54, 1.807) is 0 Å². The number of allylic oxidation sites excluding steroid dienone is 1. The molecule has 0 aromatic heterocycles. The van der Waals surface area contributed by atoms with Gasteiger partial charge in [0.2, 0.25) is 5.79 Å². The first kappa shape index (κ1) is 47.8. The third kappa shape index (κ3) is 11.3. The van der Waals surface area contributed by atoms with Gasteiger partial charge in [-0.05, 0) is 103 Å². The van der Waals surface area contributed by atoms with Crippen molar-refractivity contribution in [3.63, 3.8) is 0 Å². The Morgan fingerprint density at radius 3 is 2.35 bits per heavy atom. The number of hydrogen-bond acceptors (Lipinski definition) is 13. The summed E-state index contributed by atoms with van der Waals surface area (Å²) in [7, 11) is 0. The first-order valence-electron chi connectivity index (χ1n) is 24.4. The largest absolute Gasteiger partial charge is 0.462 e. The summed E-state index contributed by atoms with van der Waals surface area (Å²) in [6, 6.07) is 0.428. The van der Waals surface area contributed by atoms with Crippen molar-refractivity contribution in [3.05, 3.63) is 12.2 Å². The number of nitrogens with one attached hydrogen (secondary N) is 2. The topological polar surface area (TPSA) is 194 Å². The van der Waals surface area contributed by atoms with Gasteiger partial charge in [0.1, 0.15) is 35.9 Å². The molecule has 0 bridgehead atoms. The molecular weight excluding hydrogens is 765 g/mol. The lowest BCUT2D eigenvalue weighted by molar-refractivity contribution is -0.325. The van der Waals surface area contributed by atoms with Gasteiger partial charge in [-0.2, -0.15) is 0 Å². The minimum Gasteiger partial charge on any atom is -0.462 e. The van der Waals surface area contributed by atoms with Crippen molar-refractivity contribution in [1.29, 1.82) is 0 Å². The summed E-state index contributed by atoms with van der Waals surface area (Å²) in [6.45, 7) is 7.24. The maximum absolute atomic E-state index is 14.4. The highest BCUT2D eigenvalue weighted by Crippen LogP contribution is 2.50. The van der Waals surface area contributed by atoms with E-state index in [-0.39, 0.29) is 73.7 Å². The lowest BCUT2D eigenvalue weighted by atomic mass is 9.79. The fourth-order valence-electron chi connectivity index (χ4n) is 11.3. The summed E-state index contributed by atoms with van der Waals surface area (Å²) >= 11 is 0. The zero-order chi connectivity index (χ0) is 42.8. The number of amides is 1. The van der Waals surface area contributed by atoms with Gasteiger partial charge < -0.3 is 45.5 Å². The van der Waals surface area contributed by atoms with E-state index in [2.05, 4.69) is 48.5 Å². The van der Waals surface area contributed by atoms with Crippen molar-refractivity contribution in [1.82, 2.24) is 20.4 Å². The number of ether oxygens (including phenoxy) is 4. The molecule has 0 aromatic rings. The minimum absolute atomic E-state index is 0.0476. The second-order valence-electron chi connectivity index (χ2n) is 19.0. The van der Waals surface area contributed by atoms with Crippen molar-refractivity contribution in [2.75, 3.05) is 19.6 Å². The molecular formula is C46H82N6O8. The van der Waals surface area contributed by atoms with Gasteiger partial charge in [-0.3, -0.25) is 25.1 Å². The van der Waals surface area contributed by atoms with Crippen LogP contribution in [0.2, 0.25) is 0 Å². The van der Waals surface area contributed by atoms with Crippen molar-refractivity contribution in [3.8, 4) is 0 Å². The molecule has 6 fully saturated rings. The van der Waals surface area contributed by atoms with Crippen LogP contribution in [0.15, 0.2) is 12.2 Å². The van der Waals surface area contributed by atoms with Crippen molar-refractivity contribution in [2.45, 2.75) is 241 Å². The molecule has 14 heteroatoms. The van der Waals surface area contributed by atoms with Crippen LogP contribution >= 0.6 is 0 Å². The van der Waals surface area contributed by atoms with Crippen molar-refractivity contribution in [2.24, 2.45) is 17.4 Å². The predicted molar refractivity (Wildman–Crippen MR) is 231 cm³/mol. The molecule has 14 nitrogen and oxygen atoms in total. The van der Waals surface area contributed by atoms with Crippen LogP contribution in [-0.4, -0.2) is 118 Å². The van der Waals surface area contributed by atoms with Crippen LogP contribution in [0.5, 0.6) is 0 Å². The Morgan fingerprint density at radius 2 is 1.67 bits per heavy atom. The molecule has 2 spiro atoms. The summed E-state index contributed by atoms with van der Waals surface area (Å²) in [4.78, 5) is 31.3. The summed E-state index contributed by atoms with van der Waals surface area (Å²) < 4.78 is 25.8. The molecule has 0 aromatic carbocycles. The molecule has 0 saturated carbocycles. The number of esters is 1. The van der Waals surface area contributed by atoms with E-state index in [9.17, 15) is 19.8 Å². The highest BCUT2D eigenvalue weighted by Gasteiger charge is 2.64. The second-order valence-corrected chi connectivity index (χ2v) is 19.0. The van der Waals surface area contributed by atoms with E-state index in [1.807, 2.05) is 0 Å². The summed E-state index contributed by atoms with van der Waals surface area (Å²) in [5.41, 5.74) is 10.2. The normalized spacial score (nSPS) is 37.4. The van der Waals surface area contributed by atoms with E-state index in [4.69, 9.17) is 30.4 Å². The van der Waals surface area contributed by atoms with E-state index in [0.717, 1.165) is 109 Å². The van der Waals surface area contributed by atoms with Gasteiger partial charge in [-0.15, -0.1) is 0 Å². The predicted octanol–water partition coefficient (Wildman–Crippen LogP) is 5.38. The molecule has 8 N–H and O–H groups in total. The van der Waals surface area contributed by atoms with Crippen LogP contribution in [0.4, 0.5) is 0 Å². The van der Waals surface area contributed by atoms with Gasteiger partial charge in [-0.1, -0.05) is 83.8 Å². The van der Waals surface area contributed by atoms with Crippen LogP contribution in [-0.2, 0) is 28.5 Å². The molecule has 6 rings (SSSR count). The monoisotopic (exact) mass is 847 g/mol. The van der Waals surface area contributed by atoms with Gasteiger partial charge >= 0.3 is 5.97 Å². The Bertz CT molecular complexity index is 1390. The molecule has 0 radical (unpaired) electrons. The van der Waals surface area contributed by atoms with E-state index in [1.165, 1.54) is 30.6 Å². The number of unbranched alkanes of at least 4 members (excludes halogenated alkanes) is 9. The Hall–Kier alpha value is -1.72. The van der Waals surface area contributed by atoms with Gasteiger partial charge in [0.05, 0.1) is 12.2 Å². The fraction of sp³-hybridized carbons (Fsp3) is 0.913. The van der Waals surface area contributed by atoms with Crippen LogP contribution in [0.3, 0.4) is 0 Å². The van der Waals surface area contributed by atoms with E-state index >= 15 is 0 Å². The molecule has 344 valence electrons. The fourth-order valence-corrected chi connectivity index (χ4v) is 11.3. The first-order chi connectivity index (χ1) is 29.0. The quantitative estimate of drug-likeness (QED) is 0.0437. The number of rotatable bonds is 23. The molecule has 1 amide bonds. The molecule has 6 saturated heterocycles. The lowest BCUT2D eigenvalue weighted by Gasteiger charge is -2.60. The van der Waals surface area contributed by atoms with Crippen molar-refractivity contribution >= 4 is 11.9 Å². The van der Waals surface area contributed by atoms with Gasteiger partial charge in [0.15, 0.2) is 6.23 Å². The zero-order valence-electron chi connectivity index (χ0n) is 37.3. The van der Waals surface area contributed by atoms with Crippen LogP contribution < -0.4 is 22.1 Å².